The lowest BCUT2D eigenvalue weighted by atomic mass is 10.1. The molecule has 0 aliphatic heterocycles. The summed E-state index contributed by atoms with van der Waals surface area (Å²) < 4.78 is 39.0. The molecule has 1 aromatic heterocycles. The number of halogens is 3. The Hall–Kier alpha value is -3.53. The van der Waals surface area contributed by atoms with Crippen molar-refractivity contribution < 1.29 is 22.8 Å². The second-order valence-corrected chi connectivity index (χ2v) is 7.61. The van der Waals surface area contributed by atoms with E-state index in [9.17, 15) is 28.0 Å². The molecule has 0 saturated carbocycles. The highest BCUT2D eigenvalue weighted by Crippen LogP contribution is 2.31. The molecule has 0 spiro atoms. The average Bonchev–Trinajstić information content (AvgIpc) is 2.74. The molecule has 1 aromatic carbocycles. The number of aromatic nitrogens is 2. The minimum atomic E-state index is -4.56. The maximum atomic E-state index is 13.0. The van der Waals surface area contributed by atoms with E-state index in [1.807, 2.05) is 6.07 Å². The highest BCUT2D eigenvalue weighted by Gasteiger charge is 2.31. The Morgan fingerprint density at radius 1 is 1.30 bits per heavy atom. The molecular weight excluding hydrogens is 459 g/mol. The Bertz CT molecular complexity index is 1060. The fourth-order valence-corrected chi connectivity index (χ4v) is 3.35. The quantitative estimate of drug-likeness (QED) is 0.243. The van der Waals surface area contributed by atoms with Crippen molar-refractivity contribution in [3.05, 3.63) is 35.4 Å². The molecule has 0 aliphatic rings. The smallest absolute Gasteiger partial charge is 0.368 e. The van der Waals surface area contributed by atoms with Gasteiger partial charge in [-0.15, -0.1) is 11.8 Å². The van der Waals surface area contributed by atoms with Gasteiger partial charge in [0.05, 0.1) is 5.56 Å². The van der Waals surface area contributed by atoms with Crippen LogP contribution in [0.2, 0.25) is 0 Å². The molecular formula is C20H22F3N7O2S. The zero-order chi connectivity index (χ0) is 24.6. The van der Waals surface area contributed by atoms with Crippen LogP contribution >= 0.6 is 11.8 Å². The Labute approximate surface area is 192 Å². The van der Waals surface area contributed by atoms with Crippen LogP contribution < -0.4 is 21.7 Å². The number of hydrogen-bond donors (Lipinski definition) is 4. The van der Waals surface area contributed by atoms with E-state index in [-0.39, 0.29) is 41.9 Å². The molecule has 0 saturated heterocycles. The number of carbonyl (C=O) groups excluding carboxylic acids is 2. The largest absolute Gasteiger partial charge is 0.416 e. The van der Waals surface area contributed by atoms with Gasteiger partial charge in [0.25, 0.3) is 0 Å². The predicted molar refractivity (Wildman–Crippen MR) is 118 cm³/mol. The molecule has 2 rings (SSSR count). The van der Waals surface area contributed by atoms with Crippen molar-refractivity contribution in [1.82, 2.24) is 15.3 Å². The molecule has 2 amide bonds. The summed E-state index contributed by atoms with van der Waals surface area (Å²) in [6.45, 7) is 1.63. The molecule has 5 N–H and O–H groups in total. The van der Waals surface area contributed by atoms with Gasteiger partial charge in [0.15, 0.2) is 5.82 Å². The van der Waals surface area contributed by atoms with Gasteiger partial charge in [0.1, 0.15) is 22.7 Å². The van der Waals surface area contributed by atoms with E-state index in [4.69, 9.17) is 5.73 Å². The van der Waals surface area contributed by atoms with Crippen molar-refractivity contribution in [1.29, 1.82) is 5.26 Å². The van der Waals surface area contributed by atoms with Crippen LogP contribution in [0.4, 0.5) is 30.6 Å². The highest BCUT2D eigenvalue weighted by atomic mass is 32.2. The molecule has 33 heavy (non-hydrogen) atoms. The van der Waals surface area contributed by atoms with Gasteiger partial charge in [-0.3, -0.25) is 9.59 Å². The summed E-state index contributed by atoms with van der Waals surface area (Å²) in [6.07, 6.45) is -2.33. The van der Waals surface area contributed by atoms with Gasteiger partial charge in [0.2, 0.25) is 17.8 Å². The molecule has 0 fully saturated rings. The number of thioether (sulfide) groups is 1. The normalized spacial score (nSPS) is 11.9. The molecule has 1 atom stereocenters. The third-order valence-electron chi connectivity index (χ3n) is 4.33. The maximum absolute atomic E-state index is 13.0. The number of nitrogens with two attached hydrogens (primary N) is 1. The van der Waals surface area contributed by atoms with E-state index in [1.54, 1.807) is 6.26 Å². The molecule has 1 heterocycles. The van der Waals surface area contributed by atoms with Crippen molar-refractivity contribution in [2.24, 2.45) is 0 Å². The number of benzene rings is 1. The Kier molecular flexibility index (Phi) is 8.86. The van der Waals surface area contributed by atoms with Crippen molar-refractivity contribution in [3.63, 3.8) is 0 Å². The Balaban J connectivity index is 2.29. The number of amides is 2. The van der Waals surface area contributed by atoms with E-state index in [0.717, 1.165) is 12.1 Å². The Morgan fingerprint density at radius 3 is 2.64 bits per heavy atom. The van der Waals surface area contributed by atoms with Crippen LogP contribution in [0.5, 0.6) is 0 Å². The van der Waals surface area contributed by atoms with Gasteiger partial charge < -0.3 is 21.7 Å². The summed E-state index contributed by atoms with van der Waals surface area (Å²) in [4.78, 5) is 32.0. The number of nitrogen functional groups attached to an aromatic ring is 1. The minimum absolute atomic E-state index is 0.0260. The average molecular weight is 482 g/mol. The first-order chi connectivity index (χ1) is 15.5. The number of hydrogen-bond acceptors (Lipinski definition) is 8. The van der Waals surface area contributed by atoms with Gasteiger partial charge >= 0.3 is 6.18 Å². The van der Waals surface area contributed by atoms with Gasteiger partial charge in [0, 0.05) is 19.2 Å². The number of nitriles is 1. The first kappa shape index (κ1) is 25.7. The topological polar surface area (TPSA) is 146 Å². The summed E-state index contributed by atoms with van der Waals surface area (Å²) >= 11 is 1.17. The van der Waals surface area contributed by atoms with Crippen LogP contribution in [-0.4, -0.2) is 40.6 Å². The molecule has 13 heteroatoms. The van der Waals surface area contributed by atoms with Crippen molar-refractivity contribution in [2.45, 2.75) is 37.0 Å². The summed E-state index contributed by atoms with van der Waals surface area (Å²) in [5.74, 6) is -0.981. The van der Waals surface area contributed by atoms with Crippen molar-refractivity contribution in [3.8, 4) is 6.07 Å². The Morgan fingerprint density at radius 2 is 2.03 bits per heavy atom. The van der Waals surface area contributed by atoms with E-state index >= 15 is 0 Å². The molecule has 176 valence electrons. The van der Waals surface area contributed by atoms with Crippen LogP contribution in [-0.2, 0) is 15.8 Å². The minimum Gasteiger partial charge on any atom is -0.368 e. The van der Waals surface area contributed by atoms with E-state index in [1.165, 1.54) is 30.8 Å². The highest BCUT2D eigenvalue weighted by molar-refractivity contribution is 7.98. The zero-order valence-corrected chi connectivity index (χ0v) is 18.6. The van der Waals surface area contributed by atoms with Crippen molar-refractivity contribution >= 4 is 41.0 Å². The number of carbonyl (C=O) groups is 2. The molecule has 9 nitrogen and oxygen atoms in total. The summed E-state index contributed by atoms with van der Waals surface area (Å²) in [7, 11) is 0. The fraction of sp³-hybridized carbons (Fsp3) is 0.350. The standard InChI is InChI=1S/C20H22F3N7O2S/c1-11(31)26-8-4-7-15(28-16-14(10-24)18(33-2)30-19(25)29-16)17(32)27-13-6-3-5-12(9-13)20(21,22)23/h3,5-6,9,15H,4,7-8H2,1-2H3,(H,26,31)(H,27,32)(H3,25,28,29,30)/t15-/m0/s1. The second-order valence-electron chi connectivity index (χ2n) is 6.82. The molecule has 2 aromatic rings. The second kappa shape index (κ2) is 11.4. The monoisotopic (exact) mass is 481 g/mol. The van der Waals surface area contributed by atoms with Crippen LogP contribution in [0.25, 0.3) is 0 Å². The number of rotatable bonds is 9. The molecule has 0 radical (unpaired) electrons. The maximum Gasteiger partial charge on any atom is 0.416 e. The van der Waals surface area contributed by atoms with Gasteiger partial charge in [-0.2, -0.15) is 23.4 Å². The molecule has 0 bridgehead atoms. The van der Waals surface area contributed by atoms with Crippen LogP contribution in [0, 0.1) is 11.3 Å². The lowest BCUT2D eigenvalue weighted by Gasteiger charge is -2.20. The van der Waals surface area contributed by atoms with Crippen LogP contribution in [0.3, 0.4) is 0 Å². The third kappa shape index (κ3) is 7.53. The summed E-state index contributed by atoms with van der Waals surface area (Å²) in [5, 5.41) is 17.7. The fourth-order valence-electron chi connectivity index (χ4n) is 2.82. The lowest BCUT2D eigenvalue weighted by Crippen LogP contribution is -2.36. The van der Waals surface area contributed by atoms with Crippen molar-refractivity contribution in [2.75, 3.05) is 29.2 Å². The number of nitrogens with zero attached hydrogens (tertiary/aromatic N) is 3. The zero-order valence-electron chi connectivity index (χ0n) is 17.8. The molecule has 0 aliphatic carbocycles. The van der Waals surface area contributed by atoms with Gasteiger partial charge in [-0.25, -0.2) is 4.98 Å². The number of anilines is 3. The number of nitrogens with one attached hydrogen (secondary N) is 3. The number of alkyl halides is 3. The first-order valence-corrected chi connectivity index (χ1v) is 10.9. The lowest BCUT2D eigenvalue weighted by molar-refractivity contribution is -0.137. The summed E-state index contributed by atoms with van der Waals surface area (Å²) in [5.41, 5.74) is 4.83. The van der Waals surface area contributed by atoms with E-state index < -0.39 is 23.7 Å². The first-order valence-electron chi connectivity index (χ1n) is 9.65. The van der Waals surface area contributed by atoms with Crippen LogP contribution in [0.1, 0.15) is 30.9 Å². The SMILES string of the molecule is CSc1nc(N)nc(N[C@@H](CCCNC(C)=O)C(=O)Nc2cccc(C(F)(F)F)c2)c1C#N. The van der Waals surface area contributed by atoms with Crippen LogP contribution in [0.15, 0.2) is 29.3 Å². The van der Waals surface area contributed by atoms with Gasteiger partial charge in [-0.05, 0) is 37.3 Å². The molecule has 0 unspecified atom stereocenters. The third-order valence-corrected chi connectivity index (χ3v) is 5.01. The van der Waals surface area contributed by atoms with Gasteiger partial charge in [-0.1, -0.05) is 6.07 Å². The summed E-state index contributed by atoms with van der Waals surface area (Å²) in [6, 6.07) is 5.20. The van der Waals surface area contributed by atoms with E-state index in [0.29, 0.717) is 11.4 Å². The predicted octanol–water partition coefficient (Wildman–Crippen LogP) is 3.01. The van der Waals surface area contributed by atoms with E-state index in [2.05, 4.69) is 25.9 Å².